The third-order valence-electron chi connectivity index (χ3n) is 8.61. The van der Waals surface area contributed by atoms with Crippen molar-refractivity contribution in [1.82, 2.24) is 0 Å². The van der Waals surface area contributed by atoms with E-state index in [4.69, 9.17) is 19.6 Å². The Kier molecular flexibility index (Phi) is 12.0. The molecule has 0 saturated heterocycles. The molecule has 2 aromatic carbocycles. The van der Waals surface area contributed by atoms with E-state index >= 15 is 0 Å². The molecule has 0 N–H and O–H groups in total. The van der Waals surface area contributed by atoms with Crippen LogP contribution < -0.4 is 10.4 Å². The summed E-state index contributed by atoms with van der Waals surface area (Å²) in [5.74, 6) is 1.00. The zero-order chi connectivity index (χ0) is 29.9. The van der Waals surface area contributed by atoms with E-state index in [0.29, 0.717) is 23.0 Å². The molecule has 0 heterocycles. The lowest BCUT2D eigenvalue weighted by Crippen LogP contribution is -2.28. The van der Waals surface area contributed by atoms with Gasteiger partial charge in [-0.2, -0.15) is 4.89 Å². The van der Waals surface area contributed by atoms with E-state index in [1.54, 1.807) is 0 Å². The molecule has 224 valence electrons. The first-order chi connectivity index (χ1) is 20.3. The highest BCUT2D eigenvalue weighted by molar-refractivity contribution is 6.61. The van der Waals surface area contributed by atoms with Crippen LogP contribution >= 0.6 is 0 Å². The number of hydrogen-bond donors (Lipinski definition) is 0. The average Bonchev–Trinajstić information content (AvgIpc) is 3.03. The van der Waals surface area contributed by atoms with Gasteiger partial charge in [-0.15, -0.1) is 0 Å². The van der Waals surface area contributed by atoms with Crippen LogP contribution in [0.3, 0.4) is 0 Å². The van der Waals surface area contributed by atoms with Crippen LogP contribution in [0.5, 0.6) is 0 Å². The summed E-state index contributed by atoms with van der Waals surface area (Å²) >= 11 is 0. The summed E-state index contributed by atoms with van der Waals surface area (Å²) in [6.07, 6.45) is 12.8. The van der Waals surface area contributed by atoms with Crippen molar-refractivity contribution in [2.45, 2.75) is 78.7 Å². The van der Waals surface area contributed by atoms with Crippen LogP contribution in [0.15, 0.2) is 82.9 Å². The largest absolute Gasteiger partial charge is 0.386 e. The number of carbonyl (C=O) groups is 2. The topological polar surface area (TPSA) is 71.1 Å². The van der Waals surface area contributed by atoms with Crippen LogP contribution in [-0.4, -0.2) is 37.1 Å². The van der Waals surface area contributed by atoms with Crippen molar-refractivity contribution in [3.63, 3.8) is 0 Å². The monoisotopic (exact) mass is 604 g/mol. The zero-order valence-corrected chi connectivity index (χ0v) is 28.2. The SMILES string of the molecule is C/C=C(\C)[SiH2]c1ccc(C(=O)OOC2=CCC(C3CCC(OOC(=O)c4ccc([SiH2]/C(C)=C/C)cc4)CC3)CC2)cc1. The van der Waals surface area contributed by atoms with E-state index < -0.39 is 31.0 Å². The van der Waals surface area contributed by atoms with Gasteiger partial charge in [0.15, 0.2) is 5.76 Å². The van der Waals surface area contributed by atoms with Gasteiger partial charge >= 0.3 is 11.9 Å². The molecule has 8 heteroatoms. The van der Waals surface area contributed by atoms with E-state index in [-0.39, 0.29) is 6.10 Å². The smallest absolute Gasteiger partial charge is 0.293 e. The predicted octanol–water partition coefficient (Wildman–Crippen LogP) is 5.24. The van der Waals surface area contributed by atoms with E-state index in [9.17, 15) is 9.59 Å². The fourth-order valence-electron chi connectivity index (χ4n) is 5.66. The fourth-order valence-corrected chi connectivity index (χ4v) is 8.29. The number of benzene rings is 2. The molecule has 0 bridgehead atoms. The molecule has 1 fully saturated rings. The van der Waals surface area contributed by atoms with Crippen molar-refractivity contribution in [2.75, 3.05) is 0 Å². The van der Waals surface area contributed by atoms with Crippen LogP contribution in [0.2, 0.25) is 0 Å². The van der Waals surface area contributed by atoms with Crippen LogP contribution in [0.25, 0.3) is 0 Å². The standard InChI is InChI=1S/C34H44O6Si2/c1-5-23(3)41-31-19-11-27(12-20-31)33(35)39-37-29-15-7-25(8-16-29)26-9-17-30(18-10-26)38-40-34(36)28-13-21-32(22-14-28)42-24(4)6-2/h5-6,11-15,19-22,25-26,30H,7-10,16-18,41-42H2,1-4H3/b23-5+,24-6+. The van der Waals surface area contributed by atoms with Crippen molar-refractivity contribution in [3.05, 3.63) is 94.0 Å². The number of carbonyl (C=O) groups excluding carboxylic acids is 2. The first-order valence-corrected chi connectivity index (χ1v) is 18.0. The molecule has 0 spiro atoms. The molecule has 1 unspecified atom stereocenters. The van der Waals surface area contributed by atoms with Gasteiger partial charge in [0.2, 0.25) is 0 Å². The van der Waals surface area contributed by atoms with Gasteiger partial charge in [-0.1, -0.05) is 57.2 Å². The van der Waals surface area contributed by atoms with Gasteiger partial charge < -0.3 is 0 Å². The Morgan fingerprint density at radius 3 is 1.71 bits per heavy atom. The maximum absolute atomic E-state index is 12.5. The molecule has 42 heavy (non-hydrogen) atoms. The van der Waals surface area contributed by atoms with Gasteiger partial charge in [0.05, 0.1) is 30.2 Å². The summed E-state index contributed by atoms with van der Waals surface area (Å²) in [4.78, 5) is 46.2. The van der Waals surface area contributed by atoms with Crippen LogP contribution in [0, 0.1) is 11.8 Å². The van der Waals surface area contributed by atoms with Crippen molar-refractivity contribution in [3.8, 4) is 0 Å². The molecule has 1 saturated carbocycles. The fraction of sp³-hybridized carbons (Fsp3) is 0.412. The summed E-state index contributed by atoms with van der Waals surface area (Å²) < 4.78 is 0. The summed E-state index contributed by atoms with van der Waals surface area (Å²) in [5, 5.41) is 5.45. The van der Waals surface area contributed by atoms with Gasteiger partial charge in [-0.05, 0) is 108 Å². The van der Waals surface area contributed by atoms with Crippen molar-refractivity contribution < 1.29 is 29.1 Å². The lowest BCUT2D eigenvalue weighted by molar-refractivity contribution is -0.281. The second-order valence-corrected chi connectivity index (χ2v) is 16.3. The van der Waals surface area contributed by atoms with Crippen molar-refractivity contribution >= 4 is 41.4 Å². The Morgan fingerprint density at radius 1 is 0.714 bits per heavy atom. The molecular formula is C34H44O6Si2. The molecule has 0 aromatic heterocycles. The molecule has 1 atom stereocenters. The van der Waals surface area contributed by atoms with Crippen LogP contribution in [-0.2, 0) is 19.6 Å². The second-order valence-electron chi connectivity index (χ2n) is 11.7. The van der Waals surface area contributed by atoms with E-state index in [1.807, 2.05) is 48.5 Å². The minimum absolute atomic E-state index is 0.0600. The molecule has 0 aliphatic heterocycles. The second kappa shape index (κ2) is 15.9. The Balaban J connectivity index is 1.14. The number of allylic oxidation sites excluding steroid dienone is 6. The highest BCUT2D eigenvalue weighted by Gasteiger charge is 2.30. The quantitative estimate of drug-likeness (QED) is 0.199. The minimum Gasteiger partial charge on any atom is -0.293 e. The molecule has 0 amide bonds. The Morgan fingerprint density at radius 2 is 1.24 bits per heavy atom. The molecule has 0 radical (unpaired) electrons. The van der Waals surface area contributed by atoms with E-state index in [0.717, 1.165) is 50.7 Å². The molecule has 6 nitrogen and oxygen atoms in total. The summed E-state index contributed by atoms with van der Waals surface area (Å²) in [6, 6.07) is 15.3. The summed E-state index contributed by atoms with van der Waals surface area (Å²) in [6.45, 7) is 8.43. The van der Waals surface area contributed by atoms with Crippen LogP contribution in [0.1, 0.15) is 93.4 Å². The van der Waals surface area contributed by atoms with Crippen molar-refractivity contribution in [1.29, 1.82) is 0 Å². The molecule has 2 aliphatic rings. The Labute approximate surface area is 254 Å². The van der Waals surface area contributed by atoms with Gasteiger partial charge in [0, 0.05) is 6.42 Å². The minimum atomic E-state index is -0.467. The number of hydrogen-bond acceptors (Lipinski definition) is 6. The maximum atomic E-state index is 12.5. The van der Waals surface area contributed by atoms with Gasteiger partial charge in [0.1, 0.15) is 6.10 Å². The van der Waals surface area contributed by atoms with E-state index in [2.05, 4.69) is 45.9 Å². The Bertz CT molecular complexity index is 1290. The van der Waals surface area contributed by atoms with Gasteiger partial charge in [0.25, 0.3) is 0 Å². The van der Waals surface area contributed by atoms with Crippen LogP contribution in [0.4, 0.5) is 0 Å². The first kappa shape index (κ1) is 31.7. The predicted molar refractivity (Wildman–Crippen MR) is 172 cm³/mol. The average molecular weight is 605 g/mol. The first-order valence-electron chi connectivity index (χ1n) is 15.2. The third-order valence-corrected chi connectivity index (χ3v) is 12.3. The lowest BCUT2D eigenvalue weighted by atomic mass is 9.74. The highest BCUT2D eigenvalue weighted by Crippen LogP contribution is 2.38. The lowest BCUT2D eigenvalue weighted by Gasteiger charge is -2.34. The maximum Gasteiger partial charge on any atom is 0.386 e. The van der Waals surface area contributed by atoms with E-state index in [1.165, 1.54) is 20.8 Å². The third kappa shape index (κ3) is 9.41. The normalized spacial score (nSPS) is 21.9. The summed E-state index contributed by atoms with van der Waals surface area (Å²) in [7, 11) is -0.898. The molecule has 2 aliphatic carbocycles. The van der Waals surface area contributed by atoms with Gasteiger partial charge in [-0.25, -0.2) is 14.5 Å². The molecule has 2 aromatic rings. The van der Waals surface area contributed by atoms with Gasteiger partial charge in [-0.3, -0.25) is 9.78 Å². The van der Waals surface area contributed by atoms with Crippen molar-refractivity contribution in [2.24, 2.45) is 11.8 Å². The zero-order valence-electron chi connectivity index (χ0n) is 25.4. The Hall–Kier alpha value is -3.21. The number of rotatable bonds is 11. The molecular weight excluding hydrogens is 561 g/mol. The highest BCUT2D eigenvalue weighted by atomic mass is 28.2. The summed E-state index contributed by atoms with van der Waals surface area (Å²) in [5.41, 5.74) is 1.02. The molecule has 4 rings (SSSR count).